The van der Waals surface area contributed by atoms with E-state index >= 15 is 0 Å². The summed E-state index contributed by atoms with van der Waals surface area (Å²) in [5.74, 6) is 0.262. The van der Waals surface area contributed by atoms with Gasteiger partial charge in [-0.05, 0) is 0 Å². The molecule has 7 nitrogen and oxygen atoms in total. The summed E-state index contributed by atoms with van der Waals surface area (Å²) in [6.07, 6.45) is 1.35. The first-order valence-electron chi connectivity index (χ1n) is 3.77. The average Bonchev–Trinajstić information content (AvgIpc) is 2.43. The zero-order valence-electron chi connectivity index (χ0n) is 7.23. The van der Waals surface area contributed by atoms with Crippen LogP contribution in [-0.4, -0.2) is 27.8 Å². The van der Waals surface area contributed by atoms with Crippen molar-refractivity contribution in [3.05, 3.63) is 16.3 Å². The van der Waals surface area contributed by atoms with E-state index in [0.29, 0.717) is 13.1 Å². The SMILES string of the molecule is Cn1cc([N+](=O)[O-])c(NCCN)n1. The number of nitrogens with zero attached hydrogens (tertiary/aromatic N) is 3. The molecule has 0 fully saturated rings. The van der Waals surface area contributed by atoms with Crippen LogP contribution in [0.1, 0.15) is 0 Å². The smallest absolute Gasteiger partial charge is 0.330 e. The molecule has 0 aliphatic rings. The van der Waals surface area contributed by atoms with Crippen molar-refractivity contribution in [3.63, 3.8) is 0 Å². The van der Waals surface area contributed by atoms with Crippen molar-refractivity contribution in [3.8, 4) is 0 Å². The van der Waals surface area contributed by atoms with Crippen molar-refractivity contribution in [2.24, 2.45) is 12.8 Å². The summed E-state index contributed by atoms with van der Waals surface area (Å²) in [7, 11) is 1.63. The Morgan fingerprint density at radius 2 is 2.54 bits per heavy atom. The van der Waals surface area contributed by atoms with Crippen LogP contribution in [0.2, 0.25) is 0 Å². The first-order valence-corrected chi connectivity index (χ1v) is 3.77. The minimum atomic E-state index is -0.480. The molecular formula is C6H11N5O2. The number of hydrogen-bond acceptors (Lipinski definition) is 5. The molecule has 0 saturated heterocycles. The number of anilines is 1. The van der Waals surface area contributed by atoms with E-state index in [1.54, 1.807) is 7.05 Å². The summed E-state index contributed by atoms with van der Waals surface area (Å²) >= 11 is 0. The number of nitro groups is 1. The fourth-order valence-electron chi connectivity index (χ4n) is 0.926. The van der Waals surface area contributed by atoms with Gasteiger partial charge in [-0.15, -0.1) is 5.10 Å². The van der Waals surface area contributed by atoms with E-state index in [0.717, 1.165) is 0 Å². The van der Waals surface area contributed by atoms with Crippen molar-refractivity contribution in [1.82, 2.24) is 9.78 Å². The molecule has 1 aromatic rings. The van der Waals surface area contributed by atoms with Crippen LogP contribution in [-0.2, 0) is 7.05 Å². The second-order valence-electron chi connectivity index (χ2n) is 2.51. The van der Waals surface area contributed by atoms with E-state index in [2.05, 4.69) is 10.4 Å². The molecule has 0 atom stereocenters. The molecule has 1 rings (SSSR count). The standard InChI is InChI=1S/C6H11N5O2/c1-10-4-5(11(12)13)6(9-10)8-3-2-7/h4H,2-3,7H2,1H3,(H,8,9). The summed E-state index contributed by atoms with van der Waals surface area (Å²) in [5.41, 5.74) is 5.21. The van der Waals surface area contributed by atoms with E-state index in [1.165, 1.54) is 10.9 Å². The van der Waals surface area contributed by atoms with Crippen LogP contribution >= 0.6 is 0 Å². The van der Waals surface area contributed by atoms with E-state index in [9.17, 15) is 10.1 Å². The highest BCUT2D eigenvalue weighted by atomic mass is 16.6. The maximum absolute atomic E-state index is 10.5. The van der Waals surface area contributed by atoms with Gasteiger partial charge in [0.1, 0.15) is 6.20 Å². The van der Waals surface area contributed by atoms with Crippen LogP contribution in [0.15, 0.2) is 6.20 Å². The van der Waals surface area contributed by atoms with Gasteiger partial charge in [-0.2, -0.15) is 0 Å². The van der Waals surface area contributed by atoms with Gasteiger partial charge < -0.3 is 11.1 Å². The van der Waals surface area contributed by atoms with Crippen molar-refractivity contribution < 1.29 is 4.92 Å². The van der Waals surface area contributed by atoms with Gasteiger partial charge in [0.2, 0.25) is 5.82 Å². The fourth-order valence-corrected chi connectivity index (χ4v) is 0.926. The number of nitrogens with two attached hydrogens (primary N) is 1. The predicted octanol–water partition coefficient (Wildman–Crippen LogP) is -0.301. The van der Waals surface area contributed by atoms with Gasteiger partial charge in [-0.1, -0.05) is 0 Å². The lowest BCUT2D eigenvalue weighted by atomic mass is 10.5. The Labute approximate surface area is 74.7 Å². The van der Waals surface area contributed by atoms with E-state index in [4.69, 9.17) is 5.73 Å². The molecule has 72 valence electrons. The minimum absolute atomic E-state index is 0.0315. The van der Waals surface area contributed by atoms with Crippen LogP contribution < -0.4 is 11.1 Å². The fraction of sp³-hybridized carbons (Fsp3) is 0.500. The van der Waals surface area contributed by atoms with E-state index in [-0.39, 0.29) is 11.5 Å². The summed E-state index contributed by atoms with van der Waals surface area (Å²) in [6.45, 7) is 0.881. The molecule has 0 amide bonds. The van der Waals surface area contributed by atoms with Crippen molar-refractivity contribution in [2.75, 3.05) is 18.4 Å². The second kappa shape index (κ2) is 3.85. The van der Waals surface area contributed by atoms with E-state index < -0.39 is 4.92 Å². The molecule has 0 aliphatic carbocycles. The van der Waals surface area contributed by atoms with Crippen molar-refractivity contribution in [2.45, 2.75) is 0 Å². The lowest BCUT2D eigenvalue weighted by molar-refractivity contribution is -0.384. The number of aryl methyl sites for hydroxylation is 1. The van der Waals surface area contributed by atoms with Crippen molar-refractivity contribution >= 4 is 11.5 Å². The molecular weight excluding hydrogens is 174 g/mol. The number of hydrogen-bond donors (Lipinski definition) is 2. The third kappa shape index (κ3) is 2.15. The molecule has 0 bridgehead atoms. The normalized spacial score (nSPS) is 10.0. The van der Waals surface area contributed by atoms with Gasteiger partial charge in [-0.3, -0.25) is 14.8 Å². The van der Waals surface area contributed by atoms with Gasteiger partial charge in [0.15, 0.2) is 0 Å². The molecule has 0 aromatic carbocycles. The first-order chi connectivity index (χ1) is 6.15. The first kappa shape index (κ1) is 9.46. The molecule has 0 radical (unpaired) electrons. The number of rotatable bonds is 4. The summed E-state index contributed by atoms with van der Waals surface area (Å²) in [4.78, 5) is 10.00. The molecule has 3 N–H and O–H groups in total. The highest BCUT2D eigenvalue weighted by Gasteiger charge is 2.17. The Hall–Kier alpha value is -1.63. The number of nitrogens with one attached hydrogen (secondary N) is 1. The molecule has 13 heavy (non-hydrogen) atoms. The quantitative estimate of drug-likeness (QED) is 0.495. The minimum Gasteiger partial charge on any atom is -0.362 e. The molecule has 0 saturated carbocycles. The van der Waals surface area contributed by atoms with Gasteiger partial charge in [0.25, 0.3) is 0 Å². The topological polar surface area (TPSA) is 99.0 Å². The van der Waals surface area contributed by atoms with Gasteiger partial charge >= 0.3 is 5.69 Å². The Balaban J connectivity index is 2.84. The highest BCUT2D eigenvalue weighted by molar-refractivity contribution is 5.54. The highest BCUT2D eigenvalue weighted by Crippen LogP contribution is 2.20. The maximum atomic E-state index is 10.5. The molecule has 0 aliphatic heterocycles. The van der Waals surface area contributed by atoms with Crippen LogP contribution in [0.4, 0.5) is 11.5 Å². The Morgan fingerprint density at radius 1 is 1.85 bits per heavy atom. The van der Waals surface area contributed by atoms with Gasteiger partial charge in [-0.25, -0.2) is 0 Å². The van der Waals surface area contributed by atoms with Crippen molar-refractivity contribution in [1.29, 1.82) is 0 Å². The number of aromatic nitrogens is 2. The zero-order chi connectivity index (χ0) is 9.84. The monoisotopic (exact) mass is 185 g/mol. The Kier molecular flexibility index (Phi) is 2.80. The van der Waals surface area contributed by atoms with Crippen LogP contribution in [0, 0.1) is 10.1 Å². The molecule has 1 heterocycles. The summed E-state index contributed by atoms with van der Waals surface area (Å²) < 4.78 is 1.39. The summed E-state index contributed by atoms with van der Waals surface area (Å²) in [6, 6.07) is 0. The third-order valence-electron chi connectivity index (χ3n) is 1.44. The van der Waals surface area contributed by atoms with Gasteiger partial charge in [0, 0.05) is 20.1 Å². The average molecular weight is 185 g/mol. The largest absolute Gasteiger partial charge is 0.362 e. The molecule has 1 aromatic heterocycles. The second-order valence-corrected chi connectivity index (χ2v) is 2.51. The van der Waals surface area contributed by atoms with Gasteiger partial charge in [0.05, 0.1) is 4.92 Å². The molecule has 0 unspecified atom stereocenters. The molecule has 7 heteroatoms. The lowest BCUT2D eigenvalue weighted by Crippen LogP contribution is -2.14. The van der Waals surface area contributed by atoms with Crippen LogP contribution in [0.25, 0.3) is 0 Å². The lowest BCUT2D eigenvalue weighted by Gasteiger charge is -1.97. The Morgan fingerprint density at radius 3 is 3.08 bits per heavy atom. The van der Waals surface area contributed by atoms with Crippen LogP contribution in [0.3, 0.4) is 0 Å². The Bertz CT molecular complexity index is 308. The zero-order valence-corrected chi connectivity index (χ0v) is 7.23. The third-order valence-corrected chi connectivity index (χ3v) is 1.44. The summed E-state index contributed by atoms with van der Waals surface area (Å²) in [5, 5.41) is 17.1. The predicted molar refractivity (Wildman–Crippen MR) is 47.4 cm³/mol. The maximum Gasteiger partial charge on any atom is 0.330 e. The molecule has 0 spiro atoms. The van der Waals surface area contributed by atoms with Crippen LogP contribution in [0.5, 0.6) is 0 Å². The van der Waals surface area contributed by atoms with E-state index in [1.807, 2.05) is 0 Å².